The molecule has 1 aromatic carbocycles. The molecule has 1 amide bonds. The highest BCUT2D eigenvalue weighted by atomic mass is 32.2. The molecule has 0 unspecified atom stereocenters. The third-order valence-corrected chi connectivity index (χ3v) is 6.68. The monoisotopic (exact) mass is 521 g/mol. The second kappa shape index (κ2) is 12.3. The van der Waals surface area contributed by atoms with Crippen LogP contribution in [0.4, 0.5) is 10.2 Å². The van der Waals surface area contributed by atoms with Gasteiger partial charge in [0.05, 0.1) is 22.8 Å². The normalized spacial score (nSPS) is 11.7. The molecule has 3 rings (SSSR count). The molecule has 3 aromatic rings. The number of aromatic nitrogens is 1. The maximum atomic E-state index is 12.5. The van der Waals surface area contributed by atoms with E-state index in [1.54, 1.807) is 52.1 Å². The molecule has 0 fully saturated rings. The zero-order valence-electron chi connectivity index (χ0n) is 21.8. The zero-order chi connectivity index (χ0) is 27.1. The van der Waals surface area contributed by atoms with Gasteiger partial charge in [0, 0.05) is 13.6 Å². The Balaban J connectivity index is 0.000000558. The van der Waals surface area contributed by atoms with E-state index in [1.165, 1.54) is 16.4 Å². The average Bonchev–Trinajstić information content (AvgIpc) is 3.11. The van der Waals surface area contributed by atoms with Crippen molar-refractivity contribution < 1.29 is 27.1 Å². The highest BCUT2D eigenvalue weighted by molar-refractivity contribution is 7.92. The Hall–Kier alpha value is -2.98. The van der Waals surface area contributed by atoms with Gasteiger partial charge in [0.15, 0.2) is 0 Å². The molecule has 0 saturated heterocycles. The number of fused-ring (bicyclic) bond motifs is 1. The van der Waals surface area contributed by atoms with Crippen LogP contribution in [0.25, 0.3) is 11.1 Å². The van der Waals surface area contributed by atoms with Crippen LogP contribution in [0.3, 0.4) is 0 Å². The summed E-state index contributed by atoms with van der Waals surface area (Å²) in [6.45, 7) is 7.31. The number of hydrogen-bond donors (Lipinski definition) is 2. The number of amides is 1. The molecule has 0 aliphatic carbocycles. The van der Waals surface area contributed by atoms with Crippen molar-refractivity contribution in [2.24, 2.45) is 0 Å². The number of aryl methyl sites for hydroxylation is 2. The van der Waals surface area contributed by atoms with E-state index in [4.69, 9.17) is 4.42 Å². The second-order valence-corrected chi connectivity index (χ2v) is 11.1. The molecule has 2 N–H and O–H groups in total. The van der Waals surface area contributed by atoms with Gasteiger partial charge in [-0.1, -0.05) is 25.1 Å². The SMILES string of the molecule is CCc1cc2c(C(=O)NC)c(C)oc2nc1N(CCCCC(C)(C)O)S(C)(=O)=O.Fc1ccccc1. The van der Waals surface area contributed by atoms with Crippen molar-refractivity contribution in [2.75, 3.05) is 24.2 Å². The first-order valence-corrected chi connectivity index (χ1v) is 13.7. The first kappa shape index (κ1) is 29.3. The van der Waals surface area contributed by atoms with E-state index in [0.29, 0.717) is 48.2 Å². The number of nitrogens with zero attached hydrogens (tertiary/aromatic N) is 2. The number of benzene rings is 1. The molecule has 10 heteroatoms. The molecule has 198 valence electrons. The van der Waals surface area contributed by atoms with E-state index in [1.807, 2.05) is 6.92 Å². The molecule has 0 bridgehead atoms. The lowest BCUT2D eigenvalue weighted by atomic mass is 10.0. The maximum Gasteiger partial charge on any atom is 0.255 e. The van der Waals surface area contributed by atoms with Crippen LogP contribution in [-0.2, 0) is 16.4 Å². The molecule has 8 nitrogen and oxygen atoms in total. The standard InChI is InChI=1S/C20H31N3O5S.C6H5F/c1-7-14-12-15-16(18(24)21-5)13(2)28-19(15)22-17(14)23(29(6,26)27)11-9-8-10-20(3,4)25;7-6-4-2-1-3-5-6/h12,25H,7-11H2,1-6H3,(H,21,24);1-5H. The Morgan fingerprint density at radius 3 is 2.33 bits per heavy atom. The zero-order valence-corrected chi connectivity index (χ0v) is 22.6. The number of carbonyl (C=O) groups is 1. The summed E-state index contributed by atoms with van der Waals surface area (Å²) in [5.74, 6) is 0.303. The van der Waals surface area contributed by atoms with Crippen molar-refractivity contribution in [2.45, 2.75) is 59.0 Å². The quantitative estimate of drug-likeness (QED) is 0.398. The molecule has 0 aliphatic heterocycles. The predicted octanol–water partition coefficient (Wildman–Crippen LogP) is 4.59. The predicted molar refractivity (Wildman–Crippen MR) is 140 cm³/mol. The van der Waals surface area contributed by atoms with Crippen LogP contribution in [0.1, 0.15) is 61.7 Å². The van der Waals surface area contributed by atoms with E-state index in [2.05, 4.69) is 10.3 Å². The summed E-state index contributed by atoms with van der Waals surface area (Å²) in [5, 5.41) is 13.0. The lowest BCUT2D eigenvalue weighted by molar-refractivity contribution is 0.0684. The van der Waals surface area contributed by atoms with Gasteiger partial charge >= 0.3 is 0 Å². The number of furan rings is 1. The molecule has 0 saturated carbocycles. The van der Waals surface area contributed by atoms with Crippen molar-refractivity contribution in [3.8, 4) is 0 Å². The Kier molecular flexibility index (Phi) is 10.0. The number of sulfonamides is 1. The topological polar surface area (TPSA) is 113 Å². The van der Waals surface area contributed by atoms with Crippen LogP contribution in [-0.4, -0.2) is 49.9 Å². The Morgan fingerprint density at radius 1 is 1.22 bits per heavy atom. The highest BCUT2D eigenvalue weighted by Gasteiger charge is 2.26. The number of nitrogens with one attached hydrogen (secondary N) is 1. The Morgan fingerprint density at radius 2 is 1.86 bits per heavy atom. The number of unbranched alkanes of at least 4 members (excludes halogenated alkanes) is 1. The van der Waals surface area contributed by atoms with Gasteiger partial charge in [-0.15, -0.1) is 0 Å². The van der Waals surface area contributed by atoms with E-state index < -0.39 is 15.6 Å². The fourth-order valence-corrected chi connectivity index (χ4v) is 4.64. The first-order chi connectivity index (χ1) is 16.8. The summed E-state index contributed by atoms with van der Waals surface area (Å²) in [6, 6.07) is 9.72. The van der Waals surface area contributed by atoms with Gasteiger partial charge in [0.2, 0.25) is 15.7 Å². The number of aliphatic hydroxyl groups is 1. The van der Waals surface area contributed by atoms with Crippen molar-refractivity contribution in [1.29, 1.82) is 0 Å². The lowest BCUT2D eigenvalue weighted by Gasteiger charge is -2.24. The number of halogens is 1. The lowest BCUT2D eigenvalue weighted by Crippen LogP contribution is -2.33. The number of carbonyl (C=O) groups excluding carboxylic acids is 1. The molecular weight excluding hydrogens is 485 g/mol. The minimum atomic E-state index is -3.57. The van der Waals surface area contributed by atoms with Crippen molar-refractivity contribution in [1.82, 2.24) is 10.3 Å². The van der Waals surface area contributed by atoms with Gasteiger partial charge in [-0.2, -0.15) is 4.98 Å². The minimum absolute atomic E-state index is 0.178. The van der Waals surface area contributed by atoms with Gasteiger partial charge in [0.1, 0.15) is 17.4 Å². The van der Waals surface area contributed by atoms with Gasteiger partial charge in [-0.3, -0.25) is 9.10 Å². The molecule has 2 heterocycles. The number of rotatable bonds is 9. The third-order valence-electron chi connectivity index (χ3n) is 5.52. The van der Waals surface area contributed by atoms with Crippen LogP contribution < -0.4 is 9.62 Å². The second-order valence-electron chi connectivity index (χ2n) is 9.19. The third kappa shape index (κ3) is 8.03. The molecule has 0 spiro atoms. The summed E-state index contributed by atoms with van der Waals surface area (Å²) in [6.07, 6.45) is 3.54. The summed E-state index contributed by atoms with van der Waals surface area (Å²) >= 11 is 0. The Labute approximate surface area is 212 Å². The summed E-state index contributed by atoms with van der Waals surface area (Å²) in [7, 11) is -2.03. The van der Waals surface area contributed by atoms with E-state index in [0.717, 1.165) is 11.8 Å². The number of anilines is 1. The number of pyridine rings is 1. The Bertz CT molecular complexity index is 1270. The van der Waals surface area contributed by atoms with Gasteiger partial charge in [-0.05, 0) is 70.2 Å². The summed E-state index contributed by atoms with van der Waals surface area (Å²) < 4.78 is 43.9. The minimum Gasteiger partial charge on any atom is -0.442 e. The van der Waals surface area contributed by atoms with E-state index in [9.17, 15) is 22.7 Å². The molecule has 0 atom stereocenters. The van der Waals surface area contributed by atoms with Crippen LogP contribution in [0.2, 0.25) is 0 Å². The van der Waals surface area contributed by atoms with Crippen LogP contribution in [0, 0.1) is 12.7 Å². The van der Waals surface area contributed by atoms with Crippen LogP contribution in [0.5, 0.6) is 0 Å². The van der Waals surface area contributed by atoms with Crippen LogP contribution in [0.15, 0.2) is 40.8 Å². The molecular formula is C26H36FN3O5S. The number of hydrogen-bond acceptors (Lipinski definition) is 6. The smallest absolute Gasteiger partial charge is 0.255 e. The van der Waals surface area contributed by atoms with Gasteiger partial charge < -0.3 is 14.8 Å². The summed E-state index contributed by atoms with van der Waals surface area (Å²) in [4.78, 5) is 16.7. The molecule has 36 heavy (non-hydrogen) atoms. The van der Waals surface area contributed by atoms with E-state index in [-0.39, 0.29) is 24.0 Å². The van der Waals surface area contributed by atoms with E-state index >= 15 is 0 Å². The van der Waals surface area contributed by atoms with Gasteiger partial charge in [0.25, 0.3) is 5.91 Å². The fourth-order valence-electron chi connectivity index (χ4n) is 3.71. The highest BCUT2D eigenvalue weighted by Crippen LogP contribution is 2.31. The first-order valence-electron chi connectivity index (χ1n) is 11.8. The van der Waals surface area contributed by atoms with Gasteiger partial charge in [-0.25, -0.2) is 12.8 Å². The average molecular weight is 522 g/mol. The fraction of sp³-hybridized carbons (Fsp3) is 0.462. The van der Waals surface area contributed by atoms with Crippen molar-refractivity contribution >= 4 is 32.8 Å². The summed E-state index contributed by atoms with van der Waals surface area (Å²) in [5.41, 5.74) is 0.575. The largest absolute Gasteiger partial charge is 0.442 e. The molecule has 0 aliphatic rings. The molecule has 0 radical (unpaired) electrons. The maximum absolute atomic E-state index is 12.5. The molecule has 2 aromatic heterocycles. The van der Waals surface area contributed by atoms with Crippen molar-refractivity contribution in [3.05, 3.63) is 59.1 Å². The van der Waals surface area contributed by atoms with Crippen molar-refractivity contribution in [3.63, 3.8) is 0 Å². The van der Waals surface area contributed by atoms with Crippen LogP contribution >= 0.6 is 0 Å².